The SMILES string of the molecule is O=C(O)c1cc(S(=O)(=O)NCCCCCCO)ccc1Cl. The number of halogens is 1. The van der Waals surface area contributed by atoms with Crippen molar-refractivity contribution in [3.63, 3.8) is 0 Å². The zero-order valence-electron chi connectivity index (χ0n) is 11.4. The summed E-state index contributed by atoms with van der Waals surface area (Å²) in [6.07, 6.45) is 3.00. The molecule has 0 atom stereocenters. The van der Waals surface area contributed by atoms with Crippen LogP contribution in [0.4, 0.5) is 0 Å². The molecule has 0 saturated carbocycles. The van der Waals surface area contributed by atoms with E-state index in [-0.39, 0.29) is 28.6 Å². The number of nitrogens with one attached hydrogen (secondary N) is 1. The number of carbonyl (C=O) groups is 1. The highest BCUT2D eigenvalue weighted by molar-refractivity contribution is 7.89. The Hall–Kier alpha value is -1.15. The van der Waals surface area contributed by atoms with E-state index in [4.69, 9.17) is 21.8 Å². The maximum atomic E-state index is 12.0. The maximum absolute atomic E-state index is 12.0. The summed E-state index contributed by atoms with van der Waals surface area (Å²) < 4.78 is 26.5. The summed E-state index contributed by atoms with van der Waals surface area (Å²) in [5.41, 5.74) is -0.248. The van der Waals surface area contributed by atoms with Crippen LogP contribution < -0.4 is 4.72 Å². The van der Waals surface area contributed by atoms with E-state index in [0.29, 0.717) is 12.8 Å². The van der Waals surface area contributed by atoms with E-state index >= 15 is 0 Å². The van der Waals surface area contributed by atoms with Crippen molar-refractivity contribution in [2.75, 3.05) is 13.2 Å². The fraction of sp³-hybridized carbons (Fsp3) is 0.462. The Bertz CT molecular complexity index is 588. The molecule has 0 aliphatic rings. The Morgan fingerprint density at radius 1 is 1.19 bits per heavy atom. The van der Waals surface area contributed by atoms with Crippen LogP contribution in [0.15, 0.2) is 23.1 Å². The topological polar surface area (TPSA) is 104 Å². The highest BCUT2D eigenvalue weighted by atomic mass is 35.5. The Kier molecular flexibility index (Phi) is 7.10. The van der Waals surface area contributed by atoms with Crippen LogP contribution in [-0.2, 0) is 10.0 Å². The quantitative estimate of drug-likeness (QED) is 0.598. The molecule has 0 aliphatic heterocycles. The van der Waals surface area contributed by atoms with Gasteiger partial charge < -0.3 is 10.2 Å². The lowest BCUT2D eigenvalue weighted by Crippen LogP contribution is -2.25. The number of aliphatic hydroxyl groups excluding tert-OH is 1. The molecule has 1 aromatic carbocycles. The minimum Gasteiger partial charge on any atom is -0.478 e. The van der Waals surface area contributed by atoms with E-state index < -0.39 is 16.0 Å². The second kappa shape index (κ2) is 8.33. The minimum atomic E-state index is -3.75. The summed E-state index contributed by atoms with van der Waals surface area (Å²) in [5.74, 6) is -1.28. The smallest absolute Gasteiger partial charge is 0.337 e. The molecule has 0 fully saturated rings. The number of aliphatic hydroxyl groups is 1. The third-order valence-electron chi connectivity index (χ3n) is 2.86. The van der Waals surface area contributed by atoms with E-state index in [9.17, 15) is 13.2 Å². The Morgan fingerprint density at radius 2 is 1.86 bits per heavy atom. The van der Waals surface area contributed by atoms with E-state index in [1.165, 1.54) is 12.1 Å². The zero-order chi connectivity index (χ0) is 15.9. The summed E-state index contributed by atoms with van der Waals surface area (Å²) in [7, 11) is -3.75. The molecule has 0 aromatic heterocycles. The fourth-order valence-corrected chi connectivity index (χ4v) is 3.01. The maximum Gasteiger partial charge on any atom is 0.337 e. The normalized spacial score (nSPS) is 11.5. The zero-order valence-corrected chi connectivity index (χ0v) is 13.0. The molecule has 1 aromatic rings. The fourth-order valence-electron chi connectivity index (χ4n) is 1.72. The van der Waals surface area contributed by atoms with E-state index in [0.717, 1.165) is 18.9 Å². The molecule has 0 amide bonds. The van der Waals surface area contributed by atoms with Gasteiger partial charge in [0.15, 0.2) is 0 Å². The summed E-state index contributed by atoms with van der Waals surface area (Å²) in [4.78, 5) is 10.8. The average Bonchev–Trinajstić information content (AvgIpc) is 2.42. The van der Waals surface area contributed by atoms with Crippen molar-refractivity contribution in [1.29, 1.82) is 0 Å². The van der Waals surface area contributed by atoms with Crippen LogP contribution in [0.25, 0.3) is 0 Å². The molecule has 1 rings (SSSR count). The van der Waals surface area contributed by atoms with Gasteiger partial charge in [0.2, 0.25) is 10.0 Å². The van der Waals surface area contributed by atoms with Crippen LogP contribution in [-0.4, -0.2) is 37.8 Å². The molecule has 0 spiro atoms. The highest BCUT2D eigenvalue weighted by Gasteiger charge is 2.17. The number of rotatable bonds is 9. The lowest BCUT2D eigenvalue weighted by Gasteiger charge is -2.08. The van der Waals surface area contributed by atoms with E-state index in [1.807, 2.05) is 0 Å². The molecular formula is C13H18ClNO5S. The van der Waals surface area contributed by atoms with Gasteiger partial charge in [0, 0.05) is 13.2 Å². The lowest BCUT2D eigenvalue weighted by molar-refractivity contribution is 0.0697. The third-order valence-corrected chi connectivity index (χ3v) is 4.64. The van der Waals surface area contributed by atoms with Crippen LogP contribution in [0.3, 0.4) is 0 Å². The van der Waals surface area contributed by atoms with Crippen molar-refractivity contribution in [2.45, 2.75) is 30.6 Å². The monoisotopic (exact) mass is 335 g/mol. The lowest BCUT2D eigenvalue weighted by atomic mass is 10.2. The number of hydrogen-bond acceptors (Lipinski definition) is 4. The number of benzene rings is 1. The number of carboxylic acids is 1. The molecule has 0 aliphatic carbocycles. The number of carboxylic acid groups (broad SMARTS) is 1. The van der Waals surface area contributed by atoms with Crippen LogP contribution in [0, 0.1) is 0 Å². The largest absolute Gasteiger partial charge is 0.478 e. The first-order chi connectivity index (χ1) is 9.88. The second-order valence-electron chi connectivity index (χ2n) is 4.48. The van der Waals surface area contributed by atoms with Gasteiger partial charge in [-0.1, -0.05) is 24.4 Å². The summed E-state index contributed by atoms with van der Waals surface area (Å²) in [5, 5.41) is 17.5. The predicted octanol–water partition coefficient (Wildman–Crippen LogP) is 1.87. The second-order valence-corrected chi connectivity index (χ2v) is 6.66. The van der Waals surface area contributed by atoms with E-state index in [1.54, 1.807) is 0 Å². The number of unbranched alkanes of at least 4 members (excludes halogenated alkanes) is 3. The summed E-state index contributed by atoms with van der Waals surface area (Å²) >= 11 is 5.70. The Balaban J connectivity index is 2.66. The first-order valence-corrected chi connectivity index (χ1v) is 8.38. The van der Waals surface area contributed by atoms with Crippen LogP contribution >= 0.6 is 11.6 Å². The van der Waals surface area contributed by atoms with Crippen molar-refractivity contribution in [2.24, 2.45) is 0 Å². The van der Waals surface area contributed by atoms with Gasteiger partial charge in [-0.25, -0.2) is 17.9 Å². The summed E-state index contributed by atoms with van der Waals surface area (Å²) in [6.45, 7) is 0.396. The Labute approximate surface area is 128 Å². The Morgan fingerprint density at radius 3 is 2.48 bits per heavy atom. The standard InChI is InChI=1S/C13H18ClNO5S/c14-12-6-5-10(9-11(12)13(17)18)21(19,20)15-7-3-1-2-4-8-16/h5-6,9,15-16H,1-4,7-8H2,(H,17,18). The molecule has 8 heteroatoms. The first kappa shape index (κ1) is 17.9. The number of hydrogen-bond donors (Lipinski definition) is 3. The van der Waals surface area contributed by atoms with Gasteiger partial charge in [-0.3, -0.25) is 0 Å². The van der Waals surface area contributed by atoms with Gasteiger partial charge in [-0.05, 0) is 31.0 Å². The molecule has 0 bridgehead atoms. The van der Waals surface area contributed by atoms with Crippen molar-refractivity contribution in [1.82, 2.24) is 4.72 Å². The van der Waals surface area contributed by atoms with Gasteiger partial charge in [0.05, 0.1) is 15.5 Å². The van der Waals surface area contributed by atoms with Crippen LogP contribution in [0.1, 0.15) is 36.0 Å². The number of aromatic carboxylic acids is 1. The molecule has 21 heavy (non-hydrogen) atoms. The summed E-state index contributed by atoms with van der Waals surface area (Å²) in [6, 6.07) is 3.56. The van der Waals surface area contributed by atoms with Crippen molar-refractivity contribution < 1.29 is 23.4 Å². The molecule has 0 radical (unpaired) electrons. The number of sulfonamides is 1. The molecule has 118 valence electrons. The van der Waals surface area contributed by atoms with Crippen molar-refractivity contribution >= 4 is 27.6 Å². The molecule has 6 nitrogen and oxygen atoms in total. The molecule has 3 N–H and O–H groups in total. The first-order valence-electron chi connectivity index (χ1n) is 6.52. The molecule has 0 unspecified atom stereocenters. The highest BCUT2D eigenvalue weighted by Crippen LogP contribution is 2.20. The van der Waals surface area contributed by atoms with Gasteiger partial charge in [0.25, 0.3) is 0 Å². The van der Waals surface area contributed by atoms with Gasteiger partial charge >= 0.3 is 5.97 Å². The van der Waals surface area contributed by atoms with Crippen molar-refractivity contribution in [3.05, 3.63) is 28.8 Å². The van der Waals surface area contributed by atoms with Gasteiger partial charge in [-0.2, -0.15) is 0 Å². The van der Waals surface area contributed by atoms with Gasteiger partial charge in [0.1, 0.15) is 0 Å². The van der Waals surface area contributed by atoms with Crippen molar-refractivity contribution in [3.8, 4) is 0 Å². The molecule has 0 heterocycles. The van der Waals surface area contributed by atoms with Crippen LogP contribution in [0.5, 0.6) is 0 Å². The minimum absolute atomic E-state index is 0.00884. The molecule has 0 saturated heterocycles. The van der Waals surface area contributed by atoms with Gasteiger partial charge in [-0.15, -0.1) is 0 Å². The third kappa shape index (κ3) is 5.62. The average molecular weight is 336 g/mol. The predicted molar refractivity (Wildman–Crippen MR) is 79.2 cm³/mol. The van der Waals surface area contributed by atoms with E-state index in [2.05, 4.69) is 4.72 Å². The molecular weight excluding hydrogens is 318 g/mol. The van der Waals surface area contributed by atoms with Crippen LogP contribution in [0.2, 0.25) is 5.02 Å².